The fourth-order valence-electron chi connectivity index (χ4n) is 1.25. The first-order chi connectivity index (χ1) is 7.15. The average molecular weight is 208 g/mol. The van der Waals surface area contributed by atoms with Gasteiger partial charge in [0, 0.05) is 12.6 Å². The third-order valence-corrected chi connectivity index (χ3v) is 2.49. The number of nitrogens with one attached hydrogen (secondary N) is 1. The van der Waals surface area contributed by atoms with E-state index >= 15 is 0 Å². The Labute approximate surface area is 91.6 Å². The highest BCUT2D eigenvalue weighted by Gasteiger charge is 2.08. The Bertz CT molecular complexity index is 299. The summed E-state index contributed by atoms with van der Waals surface area (Å²) >= 11 is 0. The van der Waals surface area contributed by atoms with Crippen LogP contribution in [-0.4, -0.2) is 19.7 Å². The number of hydrogen-bond donors (Lipinski definition) is 2. The fourth-order valence-corrected chi connectivity index (χ4v) is 1.25. The molecule has 0 radical (unpaired) electrons. The summed E-state index contributed by atoms with van der Waals surface area (Å²) in [5.41, 5.74) is 6.95. The third kappa shape index (κ3) is 3.44. The van der Waals surface area contributed by atoms with E-state index in [1.165, 1.54) is 0 Å². The van der Waals surface area contributed by atoms with E-state index in [2.05, 4.69) is 19.2 Å². The highest BCUT2D eigenvalue weighted by atomic mass is 16.5. The number of methoxy groups -OCH3 is 1. The van der Waals surface area contributed by atoms with E-state index in [1.54, 1.807) is 7.11 Å². The van der Waals surface area contributed by atoms with E-state index in [9.17, 15) is 0 Å². The van der Waals surface area contributed by atoms with E-state index in [1.807, 2.05) is 24.3 Å². The van der Waals surface area contributed by atoms with E-state index in [4.69, 9.17) is 10.5 Å². The van der Waals surface area contributed by atoms with Crippen LogP contribution in [0.15, 0.2) is 24.3 Å². The lowest BCUT2D eigenvalue weighted by Crippen LogP contribution is -2.34. The Morgan fingerprint density at radius 3 is 2.60 bits per heavy atom. The number of benzene rings is 1. The van der Waals surface area contributed by atoms with Gasteiger partial charge in [-0.25, -0.2) is 0 Å². The molecule has 1 atom stereocenters. The summed E-state index contributed by atoms with van der Waals surface area (Å²) in [7, 11) is 1.67. The third-order valence-electron chi connectivity index (χ3n) is 2.49. The molecule has 0 saturated carbocycles. The zero-order valence-corrected chi connectivity index (χ0v) is 9.66. The van der Waals surface area contributed by atoms with Gasteiger partial charge in [0.25, 0.3) is 0 Å². The smallest absolute Gasteiger partial charge is 0.141 e. The maximum Gasteiger partial charge on any atom is 0.141 e. The number of para-hydroxylation sites is 2. The monoisotopic (exact) mass is 208 g/mol. The molecule has 1 rings (SSSR count). The van der Waals surface area contributed by atoms with Crippen LogP contribution in [0.4, 0.5) is 5.69 Å². The van der Waals surface area contributed by atoms with Crippen LogP contribution in [0, 0.1) is 5.92 Å². The lowest BCUT2D eigenvalue weighted by molar-refractivity contribution is 0.416. The largest absolute Gasteiger partial charge is 0.495 e. The van der Waals surface area contributed by atoms with Crippen LogP contribution in [0.5, 0.6) is 5.75 Å². The summed E-state index contributed by atoms with van der Waals surface area (Å²) in [5, 5.41) is 3.30. The van der Waals surface area contributed by atoms with E-state index < -0.39 is 0 Å². The molecule has 1 aromatic carbocycles. The van der Waals surface area contributed by atoms with Crippen LogP contribution in [0.3, 0.4) is 0 Å². The average Bonchev–Trinajstić information content (AvgIpc) is 2.26. The van der Waals surface area contributed by atoms with Crippen LogP contribution in [0.2, 0.25) is 0 Å². The molecule has 0 fully saturated rings. The fraction of sp³-hybridized carbons (Fsp3) is 0.500. The number of anilines is 1. The molecule has 3 heteroatoms. The quantitative estimate of drug-likeness (QED) is 0.779. The predicted octanol–water partition coefficient (Wildman–Crippen LogP) is 2.09. The van der Waals surface area contributed by atoms with Gasteiger partial charge in [0.15, 0.2) is 0 Å². The van der Waals surface area contributed by atoms with Gasteiger partial charge >= 0.3 is 0 Å². The maximum absolute atomic E-state index is 5.95. The van der Waals surface area contributed by atoms with Crippen LogP contribution in [-0.2, 0) is 0 Å². The summed E-state index contributed by atoms with van der Waals surface area (Å²) in [5.74, 6) is 1.33. The standard InChI is InChI=1S/C12H20N2O/c1-9(2)10(13)8-14-11-6-4-5-7-12(11)15-3/h4-7,9-10,14H,8,13H2,1-3H3. The molecule has 0 aliphatic rings. The summed E-state index contributed by atoms with van der Waals surface area (Å²) in [6.07, 6.45) is 0. The zero-order valence-electron chi connectivity index (χ0n) is 9.66. The zero-order chi connectivity index (χ0) is 11.3. The van der Waals surface area contributed by atoms with Gasteiger partial charge in [-0.3, -0.25) is 0 Å². The van der Waals surface area contributed by atoms with Crippen molar-refractivity contribution in [3.05, 3.63) is 24.3 Å². The van der Waals surface area contributed by atoms with Gasteiger partial charge in [-0.15, -0.1) is 0 Å². The summed E-state index contributed by atoms with van der Waals surface area (Å²) < 4.78 is 5.23. The van der Waals surface area contributed by atoms with Crippen molar-refractivity contribution in [2.75, 3.05) is 19.0 Å². The summed E-state index contributed by atoms with van der Waals surface area (Å²) in [6, 6.07) is 8.02. The molecule has 0 aromatic heterocycles. The molecule has 15 heavy (non-hydrogen) atoms. The van der Waals surface area contributed by atoms with Crippen molar-refractivity contribution < 1.29 is 4.74 Å². The first-order valence-electron chi connectivity index (χ1n) is 5.27. The Morgan fingerprint density at radius 1 is 1.33 bits per heavy atom. The predicted molar refractivity (Wildman–Crippen MR) is 64.3 cm³/mol. The van der Waals surface area contributed by atoms with E-state index in [0.717, 1.165) is 18.0 Å². The Hall–Kier alpha value is -1.22. The molecule has 3 N–H and O–H groups in total. The molecule has 0 saturated heterocycles. The molecule has 0 aliphatic carbocycles. The SMILES string of the molecule is COc1ccccc1NCC(N)C(C)C. The molecule has 1 unspecified atom stereocenters. The Kier molecular flexibility index (Phi) is 4.43. The molecule has 3 nitrogen and oxygen atoms in total. The first-order valence-corrected chi connectivity index (χ1v) is 5.27. The van der Waals surface area contributed by atoms with Crippen molar-refractivity contribution in [1.29, 1.82) is 0 Å². The van der Waals surface area contributed by atoms with Crippen LogP contribution in [0.25, 0.3) is 0 Å². The first kappa shape index (κ1) is 11.9. The van der Waals surface area contributed by atoms with Crippen molar-refractivity contribution in [3.63, 3.8) is 0 Å². The van der Waals surface area contributed by atoms with Gasteiger partial charge in [-0.05, 0) is 18.1 Å². The second-order valence-corrected chi connectivity index (χ2v) is 3.99. The lowest BCUT2D eigenvalue weighted by Gasteiger charge is -2.18. The number of nitrogens with two attached hydrogens (primary N) is 1. The van der Waals surface area contributed by atoms with Crippen molar-refractivity contribution >= 4 is 5.69 Å². The van der Waals surface area contributed by atoms with Crippen LogP contribution >= 0.6 is 0 Å². The molecule has 1 aromatic rings. The lowest BCUT2D eigenvalue weighted by atomic mass is 10.1. The highest BCUT2D eigenvalue weighted by molar-refractivity contribution is 5.56. The maximum atomic E-state index is 5.95. The summed E-state index contributed by atoms with van der Waals surface area (Å²) in [6.45, 7) is 5.00. The minimum absolute atomic E-state index is 0.162. The Balaban J connectivity index is 2.57. The van der Waals surface area contributed by atoms with Crippen LogP contribution in [0.1, 0.15) is 13.8 Å². The van der Waals surface area contributed by atoms with E-state index in [-0.39, 0.29) is 6.04 Å². The van der Waals surface area contributed by atoms with E-state index in [0.29, 0.717) is 5.92 Å². The van der Waals surface area contributed by atoms with Gasteiger partial charge in [-0.2, -0.15) is 0 Å². The Morgan fingerprint density at radius 2 is 2.00 bits per heavy atom. The van der Waals surface area contributed by atoms with Crippen molar-refractivity contribution in [2.45, 2.75) is 19.9 Å². The van der Waals surface area contributed by atoms with Crippen LogP contribution < -0.4 is 15.8 Å². The van der Waals surface area contributed by atoms with Crippen molar-refractivity contribution in [2.24, 2.45) is 11.7 Å². The van der Waals surface area contributed by atoms with Gasteiger partial charge < -0.3 is 15.8 Å². The van der Waals surface area contributed by atoms with Crippen molar-refractivity contribution in [3.8, 4) is 5.75 Å². The number of ether oxygens (including phenoxy) is 1. The molecule has 0 heterocycles. The van der Waals surface area contributed by atoms with Gasteiger partial charge in [-0.1, -0.05) is 26.0 Å². The molecule has 0 aliphatic heterocycles. The molecule has 0 bridgehead atoms. The highest BCUT2D eigenvalue weighted by Crippen LogP contribution is 2.22. The molecule has 84 valence electrons. The van der Waals surface area contributed by atoms with Crippen molar-refractivity contribution in [1.82, 2.24) is 0 Å². The van der Waals surface area contributed by atoms with Gasteiger partial charge in [0.2, 0.25) is 0 Å². The second-order valence-electron chi connectivity index (χ2n) is 3.99. The molecule has 0 amide bonds. The minimum Gasteiger partial charge on any atom is -0.495 e. The normalized spacial score (nSPS) is 12.6. The summed E-state index contributed by atoms with van der Waals surface area (Å²) in [4.78, 5) is 0. The van der Waals surface area contributed by atoms with Gasteiger partial charge in [0.05, 0.1) is 12.8 Å². The molecule has 0 spiro atoms. The number of rotatable bonds is 5. The topological polar surface area (TPSA) is 47.3 Å². The second kappa shape index (κ2) is 5.61. The minimum atomic E-state index is 0.162. The molecular weight excluding hydrogens is 188 g/mol. The number of hydrogen-bond acceptors (Lipinski definition) is 3. The molecular formula is C12H20N2O. The van der Waals surface area contributed by atoms with Gasteiger partial charge in [0.1, 0.15) is 5.75 Å².